The highest BCUT2D eigenvalue weighted by molar-refractivity contribution is 5.94. The van der Waals surface area contributed by atoms with E-state index in [9.17, 15) is 9.59 Å². The van der Waals surface area contributed by atoms with Crippen molar-refractivity contribution in [2.75, 3.05) is 21.3 Å². The predicted molar refractivity (Wildman–Crippen MR) is 103 cm³/mol. The second-order valence-corrected chi connectivity index (χ2v) is 5.74. The molecule has 0 radical (unpaired) electrons. The molecule has 0 fully saturated rings. The van der Waals surface area contributed by atoms with Gasteiger partial charge >= 0.3 is 5.97 Å². The highest BCUT2D eigenvalue weighted by Gasteiger charge is 2.21. The molecule has 0 aromatic heterocycles. The SMILES string of the molecule is COC(=O)[C@H](Cc1ccc(OC)cc1)NC(=O)C=Cc1ccc(OC)cc1. The highest BCUT2D eigenvalue weighted by atomic mass is 16.5. The van der Waals surface area contributed by atoms with Gasteiger partial charge in [0.1, 0.15) is 17.5 Å². The first-order valence-electron chi connectivity index (χ1n) is 8.39. The van der Waals surface area contributed by atoms with Crippen LogP contribution in [0.3, 0.4) is 0 Å². The van der Waals surface area contributed by atoms with Crippen molar-refractivity contribution in [3.63, 3.8) is 0 Å². The van der Waals surface area contributed by atoms with Crippen LogP contribution in [0, 0.1) is 0 Å². The molecule has 0 aliphatic heterocycles. The molecular formula is C21H23NO5. The van der Waals surface area contributed by atoms with Gasteiger partial charge in [0, 0.05) is 12.5 Å². The lowest BCUT2D eigenvalue weighted by atomic mass is 10.1. The molecule has 6 heteroatoms. The summed E-state index contributed by atoms with van der Waals surface area (Å²) in [6.07, 6.45) is 3.36. The molecule has 2 aromatic rings. The van der Waals surface area contributed by atoms with E-state index in [1.807, 2.05) is 24.3 Å². The van der Waals surface area contributed by atoms with Gasteiger partial charge in [-0.05, 0) is 41.5 Å². The number of esters is 1. The van der Waals surface area contributed by atoms with Crippen molar-refractivity contribution in [1.82, 2.24) is 5.32 Å². The number of amides is 1. The van der Waals surface area contributed by atoms with Gasteiger partial charge in [-0.1, -0.05) is 24.3 Å². The normalized spacial score (nSPS) is 11.7. The van der Waals surface area contributed by atoms with Crippen molar-refractivity contribution < 1.29 is 23.8 Å². The molecule has 0 heterocycles. The zero-order valence-electron chi connectivity index (χ0n) is 15.6. The van der Waals surface area contributed by atoms with Crippen LogP contribution < -0.4 is 14.8 Å². The monoisotopic (exact) mass is 369 g/mol. The Hall–Kier alpha value is -3.28. The number of methoxy groups -OCH3 is 3. The Labute approximate surface area is 158 Å². The fourth-order valence-electron chi connectivity index (χ4n) is 2.44. The second-order valence-electron chi connectivity index (χ2n) is 5.74. The molecule has 27 heavy (non-hydrogen) atoms. The van der Waals surface area contributed by atoms with Crippen LogP contribution in [0.4, 0.5) is 0 Å². The molecular weight excluding hydrogens is 346 g/mol. The molecule has 0 saturated carbocycles. The minimum Gasteiger partial charge on any atom is -0.497 e. The first kappa shape index (κ1) is 20.0. The van der Waals surface area contributed by atoms with Crippen molar-refractivity contribution in [2.24, 2.45) is 0 Å². The Balaban J connectivity index is 2.01. The van der Waals surface area contributed by atoms with Gasteiger partial charge < -0.3 is 19.5 Å². The number of hydrogen-bond acceptors (Lipinski definition) is 5. The van der Waals surface area contributed by atoms with E-state index in [1.165, 1.54) is 13.2 Å². The molecule has 1 atom stereocenters. The Bertz CT molecular complexity index is 781. The molecule has 1 N–H and O–H groups in total. The second kappa shape index (κ2) is 10.0. The molecule has 142 valence electrons. The predicted octanol–water partition coefficient (Wildman–Crippen LogP) is 2.62. The topological polar surface area (TPSA) is 73.9 Å². The summed E-state index contributed by atoms with van der Waals surface area (Å²) in [6.45, 7) is 0. The molecule has 6 nitrogen and oxygen atoms in total. The van der Waals surface area contributed by atoms with Crippen molar-refractivity contribution in [3.8, 4) is 11.5 Å². The van der Waals surface area contributed by atoms with Gasteiger partial charge in [0.25, 0.3) is 0 Å². The maximum atomic E-state index is 12.2. The standard InChI is InChI=1S/C21H23NO5/c1-25-17-9-4-15(5-10-17)8-13-20(23)22-19(21(24)27-3)14-16-6-11-18(26-2)12-7-16/h4-13,19H,14H2,1-3H3,(H,22,23)/t19-/m0/s1. The lowest BCUT2D eigenvalue weighted by molar-refractivity contribution is -0.144. The zero-order valence-corrected chi connectivity index (χ0v) is 15.6. The summed E-state index contributed by atoms with van der Waals surface area (Å²) >= 11 is 0. The lowest BCUT2D eigenvalue weighted by Gasteiger charge is -2.15. The van der Waals surface area contributed by atoms with Crippen LogP contribution in [0.25, 0.3) is 6.08 Å². The summed E-state index contributed by atoms with van der Waals surface area (Å²) in [6, 6.07) is 13.8. The van der Waals surface area contributed by atoms with E-state index < -0.39 is 12.0 Å². The van der Waals surface area contributed by atoms with Crippen LogP contribution in [-0.4, -0.2) is 39.2 Å². The summed E-state index contributed by atoms with van der Waals surface area (Å²) in [7, 11) is 4.47. The van der Waals surface area contributed by atoms with E-state index in [2.05, 4.69) is 5.32 Å². The lowest BCUT2D eigenvalue weighted by Crippen LogP contribution is -2.42. The first-order chi connectivity index (χ1) is 13.0. The van der Waals surface area contributed by atoms with Crippen LogP contribution in [0.2, 0.25) is 0 Å². The number of nitrogens with one attached hydrogen (secondary N) is 1. The van der Waals surface area contributed by atoms with E-state index in [0.29, 0.717) is 6.42 Å². The maximum absolute atomic E-state index is 12.2. The average molecular weight is 369 g/mol. The Kier molecular flexibility index (Phi) is 7.43. The number of carbonyl (C=O) groups excluding carboxylic acids is 2. The van der Waals surface area contributed by atoms with Gasteiger partial charge in [0.05, 0.1) is 21.3 Å². The third-order valence-electron chi connectivity index (χ3n) is 3.94. The quantitative estimate of drug-likeness (QED) is 0.572. The van der Waals surface area contributed by atoms with E-state index in [1.54, 1.807) is 44.6 Å². The van der Waals surface area contributed by atoms with Crippen LogP contribution in [0.15, 0.2) is 54.6 Å². The number of benzene rings is 2. The van der Waals surface area contributed by atoms with E-state index in [-0.39, 0.29) is 5.91 Å². The van der Waals surface area contributed by atoms with Gasteiger partial charge in [-0.3, -0.25) is 4.79 Å². The fraction of sp³-hybridized carbons (Fsp3) is 0.238. The van der Waals surface area contributed by atoms with Crippen LogP contribution >= 0.6 is 0 Å². The summed E-state index contributed by atoms with van der Waals surface area (Å²) in [5.74, 6) is 0.577. The highest BCUT2D eigenvalue weighted by Crippen LogP contribution is 2.14. The fourth-order valence-corrected chi connectivity index (χ4v) is 2.44. The van der Waals surface area contributed by atoms with Crippen LogP contribution in [0.5, 0.6) is 11.5 Å². The van der Waals surface area contributed by atoms with Crippen molar-refractivity contribution in [3.05, 3.63) is 65.7 Å². The van der Waals surface area contributed by atoms with Gasteiger partial charge in [-0.2, -0.15) is 0 Å². The first-order valence-corrected chi connectivity index (χ1v) is 8.39. The third-order valence-corrected chi connectivity index (χ3v) is 3.94. The van der Waals surface area contributed by atoms with Crippen LogP contribution in [-0.2, 0) is 20.7 Å². The maximum Gasteiger partial charge on any atom is 0.328 e. The summed E-state index contributed by atoms with van der Waals surface area (Å²) in [5.41, 5.74) is 1.72. The Morgan fingerprint density at radius 2 is 1.48 bits per heavy atom. The van der Waals surface area contributed by atoms with Gasteiger partial charge in [-0.25, -0.2) is 4.79 Å². The zero-order chi connectivity index (χ0) is 19.6. The molecule has 1 amide bonds. The van der Waals surface area contributed by atoms with E-state index in [4.69, 9.17) is 14.2 Å². The van der Waals surface area contributed by atoms with Gasteiger partial charge in [0.15, 0.2) is 0 Å². The number of hydrogen-bond donors (Lipinski definition) is 1. The number of rotatable bonds is 8. The smallest absolute Gasteiger partial charge is 0.328 e. The van der Waals surface area contributed by atoms with Crippen molar-refractivity contribution >= 4 is 18.0 Å². The largest absolute Gasteiger partial charge is 0.497 e. The van der Waals surface area contributed by atoms with Gasteiger partial charge in [-0.15, -0.1) is 0 Å². The molecule has 2 rings (SSSR count). The molecule has 0 aliphatic carbocycles. The van der Waals surface area contributed by atoms with Gasteiger partial charge in [0.2, 0.25) is 5.91 Å². The molecule has 0 bridgehead atoms. The Morgan fingerprint density at radius 3 is 2.00 bits per heavy atom. The van der Waals surface area contributed by atoms with Crippen LogP contribution in [0.1, 0.15) is 11.1 Å². The average Bonchev–Trinajstić information content (AvgIpc) is 2.72. The molecule has 0 aliphatic rings. The molecule has 2 aromatic carbocycles. The summed E-state index contributed by atoms with van der Waals surface area (Å²) in [5, 5.41) is 2.68. The minimum atomic E-state index is -0.781. The number of carbonyl (C=O) groups is 2. The molecule has 0 spiro atoms. The minimum absolute atomic E-state index is 0.318. The number of ether oxygens (including phenoxy) is 3. The van der Waals surface area contributed by atoms with E-state index in [0.717, 1.165) is 22.6 Å². The van der Waals surface area contributed by atoms with E-state index >= 15 is 0 Å². The molecule has 0 saturated heterocycles. The summed E-state index contributed by atoms with van der Waals surface area (Å²) < 4.78 is 15.0. The van der Waals surface area contributed by atoms with Crippen molar-refractivity contribution in [1.29, 1.82) is 0 Å². The summed E-state index contributed by atoms with van der Waals surface area (Å²) in [4.78, 5) is 24.2. The molecule has 0 unspecified atom stereocenters. The Morgan fingerprint density at radius 1 is 0.926 bits per heavy atom. The third kappa shape index (κ3) is 6.18. The van der Waals surface area contributed by atoms with Crippen molar-refractivity contribution in [2.45, 2.75) is 12.5 Å².